The van der Waals surface area contributed by atoms with E-state index in [1.165, 1.54) is 0 Å². The van der Waals surface area contributed by atoms with Gasteiger partial charge in [-0.1, -0.05) is 6.07 Å². The zero-order valence-corrected chi connectivity index (χ0v) is 16.3. The molecule has 2 aliphatic heterocycles. The van der Waals surface area contributed by atoms with Gasteiger partial charge in [0.1, 0.15) is 0 Å². The van der Waals surface area contributed by atoms with Gasteiger partial charge in [0.25, 0.3) is 0 Å². The highest BCUT2D eigenvalue weighted by Crippen LogP contribution is 2.33. The molecule has 1 fully saturated rings. The molecule has 3 rings (SSSR count). The number of alkyl halides is 1. The molecule has 0 N–H and O–H groups in total. The Kier molecular flexibility index (Phi) is 6.27. The first kappa shape index (κ1) is 19.3. The van der Waals surface area contributed by atoms with Gasteiger partial charge in [-0.2, -0.15) is 0 Å². The summed E-state index contributed by atoms with van der Waals surface area (Å²) in [5.41, 5.74) is 0.429. The quantitative estimate of drug-likeness (QED) is 0.677. The molecule has 7 heteroatoms. The molecule has 0 saturated carbocycles. The Balaban J connectivity index is 1.70. The van der Waals surface area contributed by atoms with Gasteiger partial charge in [0.05, 0.1) is 18.6 Å². The Bertz CT molecular complexity index is 632. The second-order valence-electron chi connectivity index (χ2n) is 7.39. The summed E-state index contributed by atoms with van der Waals surface area (Å²) in [4.78, 5) is 17.3. The number of hydrogen-bond donors (Lipinski definition) is 0. The molecule has 6 nitrogen and oxygen atoms in total. The predicted octanol–water partition coefficient (Wildman–Crippen LogP) is 2.34. The average Bonchev–Trinajstić information content (AvgIpc) is 3.13. The van der Waals surface area contributed by atoms with Crippen molar-refractivity contribution in [3.63, 3.8) is 0 Å². The molecule has 0 atom stereocenters. The summed E-state index contributed by atoms with van der Waals surface area (Å²) in [6.07, 6.45) is 0. The van der Waals surface area contributed by atoms with Crippen LogP contribution in [-0.2, 0) is 16.1 Å². The summed E-state index contributed by atoms with van der Waals surface area (Å²) < 4.78 is 16.2. The first-order chi connectivity index (χ1) is 12.5. The van der Waals surface area contributed by atoms with Gasteiger partial charge in [-0.15, -0.1) is 11.6 Å². The Morgan fingerprint density at radius 1 is 1.23 bits per heavy atom. The summed E-state index contributed by atoms with van der Waals surface area (Å²) in [5.74, 6) is 1.85. The molecule has 2 aliphatic rings. The van der Waals surface area contributed by atoms with Crippen LogP contribution in [0.1, 0.15) is 19.4 Å². The van der Waals surface area contributed by atoms with E-state index in [4.69, 9.17) is 25.8 Å². The van der Waals surface area contributed by atoms with Crippen LogP contribution in [0.2, 0.25) is 0 Å². The Morgan fingerprint density at radius 2 is 1.96 bits per heavy atom. The number of morpholine rings is 1. The number of fused-ring (bicyclic) bond motifs is 1. The SMILES string of the molecule is CC(C)(CCl)C(=O)N(CCN1CCOCC1)Cc1ccc2c(c1)OCO2. The van der Waals surface area contributed by atoms with E-state index < -0.39 is 5.41 Å². The highest BCUT2D eigenvalue weighted by Gasteiger charge is 2.31. The third-order valence-electron chi connectivity index (χ3n) is 4.80. The molecule has 0 aromatic heterocycles. The minimum atomic E-state index is -0.594. The van der Waals surface area contributed by atoms with Crippen LogP contribution < -0.4 is 9.47 Å². The topological polar surface area (TPSA) is 51.2 Å². The Morgan fingerprint density at radius 3 is 2.69 bits per heavy atom. The third kappa shape index (κ3) is 4.61. The van der Waals surface area contributed by atoms with Crippen LogP contribution >= 0.6 is 11.6 Å². The molecule has 1 aromatic rings. The van der Waals surface area contributed by atoms with E-state index in [-0.39, 0.29) is 12.7 Å². The van der Waals surface area contributed by atoms with Crippen molar-refractivity contribution < 1.29 is 19.0 Å². The molecule has 0 bridgehead atoms. The molecular weight excluding hydrogens is 356 g/mol. The zero-order chi connectivity index (χ0) is 18.6. The summed E-state index contributed by atoms with van der Waals surface area (Å²) in [6.45, 7) is 9.37. The number of amides is 1. The van der Waals surface area contributed by atoms with E-state index in [1.807, 2.05) is 36.9 Å². The van der Waals surface area contributed by atoms with E-state index in [0.29, 0.717) is 19.0 Å². The number of benzene rings is 1. The van der Waals surface area contributed by atoms with Crippen molar-refractivity contribution >= 4 is 17.5 Å². The van der Waals surface area contributed by atoms with E-state index in [9.17, 15) is 4.79 Å². The van der Waals surface area contributed by atoms with Gasteiger partial charge < -0.3 is 19.1 Å². The van der Waals surface area contributed by atoms with Gasteiger partial charge in [-0.3, -0.25) is 9.69 Å². The molecule has 0 radical (unpaired) electrons. The maximum atomic E-state index is 13.0. The summed E-state index contributed by atoms with van der Waals surface area (Å²) in [7, 11) is 0. The van der Waals surface area contributed by atoms with Crippen LogP contribution in [0.5, 0.6) is 11.5 Å². The molecule has 144 valence electrons. The lowest BCUT2D eigenvalue weighted by Gasteiger charge is -2.34. The minimum Gasteiger partial charge on any atom is -0.454 e. The largest absolute Gasteiger partial charge is 0.454 e. The fourth-order valence-corrected chi connectivity index (χ4v) is 3.20. The van der Waals surface area contributed by atoms with Crippen LogP contribution in [0, 0.1) is 5.41 Å². The van der Waals surface area contributed by atoms with Gasteiger partial charge >= 0.3 is 0 Å². The van der Waals surface area contributed by atoms with Crippen molar-refractivity contribution in [3.05, 3.63) is 23.8 Å². The predicted molar refractivity (Wildman–Crippen MR) is 99.7 cm³/mol. The molecule has 1 saturated heterocycles. The van der Waals surface area contributed by atoms with E-state index in [2.05, 4.69) is 4.90 Å². The summed E-state index contributed by atoms with van der Waals surface area (Å²) >= 11 is 6.05. The summed E-state index contributed by atoms with van der Waals surface area (Å²) in [6, 6.07) is 5.83. The smallest absolute Gasteiger partial charge is 0.231 e. The van der Waals surface area contributed by atoms with Crippen LogP contribution in [0.25, 0.3) is 0 Å². The number of carbonyl (C=O) groups is 1. The van der Waals surface area contributed by atoms with Crippen molar-refractivity contribution in [2.45, 2.75) is 20.4 Å². The maximum absolute atomic E-state index is 13.0. The van der Waals surface area contributed by atoms with Crippen molar-refractivity contribution in [2.75, 3.05) is 52.1 Å². The summed E-state index contributed by atoms with van der Waals surface area (Å²) in [5, 5.41) is 0. The monoisotopic (exact) mass is 382 g/mol. The lowest BCUT2D eigenvalue weighted by atomic mass is 9.94. The number of halogens is 1. The van der Waals surface area contributed by atoms with Crippen LogP contribution in [0.15, 0.2) is 18.2 Å². The third-order valence-corrected chi connectivity index (χ3v) is 5.47. The van der Waals surface area contributed by atoms with E-state index >= 15 is 0 Å². The van der Waals surface area contributed by atoms with Gasteiger partial charge in [-0.25, -0.2) is 0 Å². The highest BCUT2D eigenvalue weighted by molar-refractivity contribution is 6.19. The second-order valence-corrected chi connectivity index (χ2v) is 7.65. The van der Waals surface area contributed by atoms with E-state index in [0.717, 1.165) is 49.9 Å². The minimum absolute atomic E-state index is 0.0680. The molecule has 2 heterocycles. The van der Waals surface area contributed by atoms with Crippen LogP contribution in [0.4, 0.5) is 0 Å². The number of carbonyl (C=O) groups excluding carboxylic acids is 1. The van der Waals surface area contributed by atoms with Gasteiger partial charge in [0.15, 0.2) is 11.5 Å². The van der Waals surface area contributed by atoms with Gasteiger partial charge in [0, 0.05) is 38.6 Å². The van der Waals surface area contributed by atoms with Gasteiger partial charge in [-0.05, 0) is 31.5 Å². The second kappa shape index (κ2) is 8.46. The lowest BCUT2D eigenvalue weighted by Crippen LogP contribution is -2.46. The zero-order valence-electron chi connectivity index (χ0n) is 15.5. The molecule has 26 heavy (non-hydrogen) atoms. The van der Waals surface area contributed by atoms with Crippen molar-refractivity contribution in [2.24, 2.45) is 5.41 Å². The Labute approximate surface area is 159 Å². The number of ether oxygens (including phenoxy) is 3. The number of rotatable bonds is 7. The lowest BCUT2D eigenvalue weighted by molar-refractivity contribution is -0.140. The first-order valence-electron chi connectivity index (χ1n) is 9.03. The molecule has 0 unspecified atom stereocenters. The molecule has 0 aliphatic carbocycles. The van der Waals surface area contributed by atoms with Crippen LogP contribution in [-0.4, -0.2) is 67.8 Å². The van der Waals surface area contributed by atoms with E-state index in [1.54, 1.807) is 0 Å². The fourth-order valence-electron chi connectivity index (χ4n) is 3.08. The van der Waals surface area contributed by atoms with Crippen molar-refractivity contribution in [1.29, 1.82) is 0 Å². The molecule has 1 amide bonds. The van der Waals surface area contributed by atoms with Gasteiger partial charge in [0.2, 0.25) is 12.7 Å². The fraction of sp³-hybridized carbons (Fsp3) is 0.632. The Hall–Kier alpha value is -1.50. The maximum Gasteiger partial charge on any atom is 0.231 e. The number of nitrogens with zero attached hydrogens (tertiary/aromatic N) is 2. The molecule has 1 aromatic carbocycles. The molecular formula is C19H27ClN2O4. The average molecular weight is 383 g/mol. The standard InChI is InChI=1S/C19H27ClN2O4/c1-19(2,13-20)18(23)22(6-5-21-7-9-24-10-8-21)12-15-3-4-16-17(11-15)26-14-25-16/h3-4,11H,5-10,12-14H2,1-2H3. The highest BCUT2D eigenvalue weighted by atomic mass is 35.5. The normalized spacial score (nSPS) is 17.3. The van der Waals surface area contributed by atoms with Crippen molar-refractivity contribution in [3.8, 4) is 11.5 Å². The number of hydrogen-bond acceptors (Lipinski definition) is 5. The van der Waals surface area contributed by atoms with Crippen molar-refractivity contribution in [1.82, 2.24) is 9.80 Å². The molecule has 0 spiro atoms. The first-order valence-corrected chi connectivity index (χ1v) is 9.57. The van der Waals surface area contributed by atoms with Crippen LogP contribution in [0.3, 0.4) is 0 Å².